The molecular formula is C21H24N6O2. The summed E-state index contributed by atoms with van der Waals surface area (Å²) in [4.78, 5) is 2.24. The first-order valence-corrected chi connectivity index (χ1v) is 9.57. The zero-order chi connectivity index (χ0) is 20.4. The summed E-state index contributed by atoms with van der Waals surface area (Å²) in [5.74, 6) is 2.18. The Morgan fingerprint density at radius 3 is 2.79 bits per heavy atom. The molecule has 0 aliphatic carbocycles. The van der Waals surface area contributed by atoms with Crippen LogP contribution in [0.2, 0.25) is 0 Å². The third kappa shape index (κ3) is 3.45. The summed E-state index contributed by atoms with van der Waals surface area (Å²) in [5.41, 5.74) is 4.80. The SMILES string of the molecule is COc1ccc(CCNc2c(C#N)c3c(c4nncn24)CN(C)CC3)cc1OC. The number of nitrogens with one attached hydrogen (secondary N) is 1. The van der Waals surface area contributed by atoms with Crippen molar-refractivity contribution in [3.63, 3.8) is 0 Å². The largest absolute Gasteiger partial charge is 0.493 e. The van der Waals surface area contributed by atoms with Gasteiger partial charge in [0.05, 0.1) is 19.8 Å². The Morgan fingerprint density at radius 2 is 2.03 bits per heavy atom. The molecule has 2 aromatic heterocycles. The van der Waals surface area contributed by atoms with E-state index in [0.717, 1.165) is 54.1 Å². The Balaban J connectivity index is 1.61. The highest BCUT2D eigenvalue weighted by molar-refractivity contribution is 5.68. The van der Waals surface area contributed by atoms with Gasteiger partial charge in [-0.3, -0.25) is 4.40 Å². The first kappa shape index (κ1) is 19.0. The van der Waals surface area contributed by atoms with Crippen molar-refractivity contribution in [3.05, 3.63) is 46.8 Å². The highest BCUT2D eigenvalue weighted by atomic mass is 16.5. The molecule has 8 heteroatoms. The van der Waals surface area contributed by atoms with E-state index in [4.69, 9.17) is 9.47 Å². The number of benzene rings is 1. The summed E-state index contributed by atoms with van der Waals surface area (Å²) < 4.78 is 12.6. The fourth-order valence-electron chi connectivity index (χ4n) is 3.90. The van der Waals surface area contributed by atoms with Gasteiger partial charge < -0.3 is 19.7 Å². The Hall–Kier alpha value is -3.31. The zero-order valence-corrected chi connectivity index (χ0v) is 16.9. The molecule has 0 unspecified atom stereocenters. The molecule has 0 amide bonds. The van der Waals surface area contributed by atoms with E-state index < -0.39 is 0 Å². The number of pyridine rings is 1. The molecule has 4 rings (SSSR count). The monoisotopic (exact) mass is 392 g/mol. The Kier molecular flexibility index (Phi) is 5.23. The maximum Gasteiger partial charge on any atom is 0.167 e. The van der Waals surface area contributed by atoms with Crippen molar-refractivity contribution in [3.8, 4) is 17.6 Å². The van der Waals surface area contributed by atoms with E-state index in [-0.39, 0.29) is 0 Å². The van der Waals surface area contributed by atoms with Crippen molar-refractivity contribution < 1.29 is 9.47 Å². The van der Waals surface area contributed by atoms with Crippen LogP contribution in [0.25, 0.3) is 5.65 Å². The normalized spacial score (nSPS) is 13.7. The molecule has 0 bridgehead atoms. The lowest BCUT2D eigenvalue weighted by Crippen LogP contribution is -2.28. The van der Waals surface area contributed by atoms with Gasteiger partial charge >= 0.3 is 0 Å². The van der Waals surface area contributed by atoms with Crippen LogP contribution in [-0.4, -0.2) is 53.9 Å². The first-order valence-electron chi connectivity index (χ1n) is 9.57. The molecule has 0 atom stereocenters. The molecule has 1 aliphatic heterocycles. The lowest BCUT2D eigenvalue weighted by Gasteiger charge is -2.27. The van der Waals surface area contributed by atoms with E-state index in [1.54, 1.807) is 20.5 Å². The van der Waals surface area contributed by atoms with Gasteiger partial charge in [-0.05, 0) is 43.1 Å². The molecule has 1 N–H and O–H groups in total. The van der Waals surface area contributed by atoms with Crippen LogP contribution in [0.15, 0.2) is 24.5 Å². The van der Waals surface area contributed by atoms with Crippen molar-refractivity contribution in [1.29, 1.82) is 5.26 Å². The second-order valence-electron chi connectivity index (χ2n) is 7.17. The highest BCUT2D eigenvalue weighted by Crippen LogP contribution is 2.31. The van der Waals surface area contributed by atoms with Crippen molar-refractivity contribution >= 4 is 11.5 Å². The van der Waals surface area contributed by atoms with Crippen molar-refractivity contribution in [1.82, 2.24) is 19.5 Å². The topological polar surface area (TPSA) is 87.7 Å². The summed E-state index contributed by atoms with van der Waals surface area (Å²) in [5, 5.41) is 21.7. The molecular weight excluding hydrogens is 368 g/mol. The van der Waals surface area contributed by atoms with Crippen molar-refractivity contribution in [2.24, 2.45) is 0 Å². The van der Waals surface area contributed by atoms with Gasteiger partial charge in [-0.25, -0.2) is 0 Å². The second kappa shape index (κ2) is 7.97. The third-order valence-electron chi connectivity index (χ3n) is 5.40. The number of nitrogens with zero attached hydrogens (tertiary/aromatic N) is 5. The first-order chi connectivity index (χ1) is 14.2. The molecule has 0 saturated heterocycles. The summed E-state index contributed by atoms with van der Waals surface area (Å²) in [7, 11) is 5.34. The van der Waals surface area contributed by atoms with Crippen molar-refractivity contribution in [2.45, 2.75) is 19.4 Å². The predicted octanol–water partition coefficient (Wildman–Crippen LogP) is 2.26. The Bertz CT molecular complexity index is 1080. The molecule has 0 radical (unpaired) electrons. The Labute approximate surface area is 169 Å². The van der Waals surface area contributed by atoms with Gasteiger partial charge in [0, 0.05) is 25.2 Å². The lowest BCUT2D eigenvalue weighted by molar-refractivity contribution is 0.313. The minimum atomic E-state index is 0.663. The number of rotatable bonds is 6. The molecule has 0 saturated carbocycles. The van der Waals surface area contributed by atoms with Gasteiger partial charge in [0.2, 0.25) is 0 Å². The molecule has 3 aromatic rings. The lowest BCUT2D eigenvalue weighted by atomic mass is 9.96. The fraction of sp³-hybridized carbons (Fsp3) is 0.381. The van der Waals surface area contributed by atoms with Crippen LogP contribution in [0.4, 0.5) is 5.82 Å². The van der Waals surface area contributed by atoms with Crippen LogP contribution >= 0.6 is 0 Å². The summed E-state index contributed by atoms with van der Waals surface area (Å²) >= 11 is 0. The zero-order valence-electron chi connectivity index (χ0n) is 16.9. The van der Waals surface area contributed by atoms with E-state index >= 15 is 0 Å². The van der Waals surface area contributed by atoms with Crippen LogP contribution in [-0.2, 0) is 19.4 Å². The predicted molar refractivity (Wildman–Crippen MR) is 109 cm³/mol. The number of hydrogen-bond acceptors (Lipinski definition) is 7. The van der Waals surface area contributed by atoms with E-state index in [0.29, 0.717) is 23.6 Å². The number of anilines is 1. The number of fused-ring (bicyclic) bond motifs is 3. The van der Waals surface area contributed by atoms with Crippen LogP contribution in [0.5, 0.6) is 11.5 Å². The average Bonchev–Trinajstić information content (AvgIpc) is 3.23. The van der Waals surface area contributed by atoms with Gasteiger partial charge in [0.25, 0.3) is 0 Å². The van der Waals surface area contributed by atoms with Gasteiger partial charge in [0.1, 0.15) is 18.2 Å². The number of ether oxygens (including phenoxy) is 2. The van der Waals surface area contributed by atoms with Gasteiger partial charge in [0.15, 0.2) is 17.1 Å². The number of hydrogen-bond donors (Lipinski definition) is 1. The fourth-order valence-corrected chi connectivity index (χ4v) is 3.90. The van der Waals surface area contributed by atoms with Crippen molar-refractivity contribution in [2.75, 3.05) is 39.7 Å². The third-order valence-corrected chi connectivity index (χ3v) is 5.40. The number of aromatic nitrogens is 3. The van der Waals surface area contributed by atoms with Gasteiger partial charge in [-0.15, -0.1) is 10.2 Å². The van der Waals surface area contributed by atoms with Gasteiger partial charge in [-0.2, -0.15) is 5.26 Å². The van der Waals surface area contributed by atoms with Crippen LogP contribution < -0.4 is 14.8 Å². The second-order valence-corrected chi connectivity index (χ2v) is 7.17. The van der Waals surface area contributed by atoms with E-state index in [1.165, 1.54) is 0 Å². The van der Waals surface area contributed by atoms with Crippen LogP contribution in [0, 0.1) is 11.3 Å². The molecule has 3 heterocycles. The smallest absolute Gasteiger partial charge is 0.167 e. The number of nitriles is 1. The van der Waals surface area contributed by atoms with Crippen LogP contribution in [0.1, 0.15) is 22.3 Å². The summed E-state index contributed by atoms with van der Waals surface area (Å²) in [6.07, 6.45) is 3.28. The molecule has 29 heavy (non-hydrogen) atoms. The van der Waals surface area contributed by atoms with E-state index in [9.17, 15) is 5.26 Å². The summed E-state index contributed by atoms with van der Waals surface area (Å²) in [6.45, 7) is 2.37. The maximum atomic E-state index is 9.89. The Morgan fingerprint density at radius 1 is 1.21 bits per heavy atom. The molecule has 8 nitrogen and oxygen atoms in total. The number of likely N-dealkylation sites (N-methyl/N-ethyl adjacent to an activating group) is 1. The average molecular weight is 392 g/mol. The molecule has 0 spiro atoms. The maximum absolute atomic E-state index is 9.89. The minimum Gasteiger partial charge on any atom is -0.493 e. The highest BCUT2D eigenvalue weighted by Gasteiger charge is 2.24. The van der Waals surface area contributed by atoms with Crippen LogP contribution in [0.3, 0.4) is 0 Å². The van der Waals surface area contributed by atoms with Gasteiger partial charge in [-0.1, -0.05) is 6.07 Å². The van der Waals surface area contributed by atoms with E-state index in [1.807, 2.05) is 22.6 Å². The molecule has 0 fully saturated rings. The molecule has 150 valence electrons. The molecule has 1 aliphatic rings. The minimum absolute atomic E-state index is 0.663. The van der Waals surface area contributed by atoms with E-state index in [2.05, 4.69) is 33.5 Å². The standard InChI is InChI=1S/C21H24N6O2/c1-26-9-7-15-16(11-22)20(27-13-24-25-21(27)17(15)12-26)23-8-6-14-4-5-18(28-2)19(10-14)29-3/h4-5,10,13,23H,6-9,12H2,1-3H3. The molecule has 1 aromatic carbocycles. The summed E-state index contributed by atoms with van der Waals surface area (Å²) in [6, 6.07) is 8.31. The quantitative estimate of drug-likeness (QED) is 0.688. The number of methoxy groups -OCH3 is 2.